The number of quaternary nitrogens is 1. The van der Waals surface area contributed by atoms with Gasteiger partial charge in [-0.3, -0.25) is 0 Å². The number of rotatable bonds is 7. The zero-order valence-electron chi connectivity index (χ0n) is 16.6. The van der Waals surface area contributed by atoms with E-state index in [1.165, 1.54) is 33.6 Å². The van der Waals surface area contributed by atoms with Crippen LogP contribution < -0.4 is 15.0 Å². The summed E-state index contributed by atoms with van der Waals surface area (Å²) < 4.78 is 11.3. The first-order valence-electron chi connectivity index (χ1n) is 10.5. The zero-order chi connectivity index (χ0) is 19.5. The summed E-state index contributed by atoms with van der Waals surface area (Å²) in [6.45, 7) is 5.88. The monoisotopic (exact) mass is 411 g/mol. The third kappa shape index (κ3) is 4.22. The van der Waals surface area contributed by atoms with E-state index in [1.54, 1.807) is 0 Å². The fourth-order valence-electron chi connectivity index (χ4n) is 4.16. The van der Waals surface area contributed by atoms with E-state index in [0.29, 0.717) is 6.61 Å². The number of hydrogen-bond acceptors (Lipinski definition) is 6. The highest BCUT2D eigenvalue weighted by atomic mass is 32.1. The van der Waals surface area contributed by atoms with Crippen LogP contribution in [-0.4, -0.2) is 49.4 Å². The van der Waals surface area contributed by atoms with Gasteiger partial charge in [-0.25, -0.2) is 9.97 Å². The maximum absolute atomic E-state index is 5.84. The van der Waals surface area contributed by atoms with E-state index in [9.17, 15) is 0 Å². The average Bonchev–Trinajstić information content (AvgIpc) is 3.33. The molecule has 0 bridgehead atoms. The van der Waals surface area contributed by atoms with Crippen molar-refractivity contribution in [2.24, 2.45) is 0 Å². The van der Waals surface area contributed by atoms with Crippen LogP contribution >= 0.6 is 11.3 Å². The normalized spacial score (nSPS) is 16.8. The molecule has 0 unspecified atom stereocenters. The topological polar surface area (TPSA) is 60.7 Å². The molecule has 2 aromatic heterocycles. The number of thiophene rings is 1. The van der Waals surface area contributed by atoms with Gasteiger partial charge in [-0.1, -0.05) is 18.2 Å². The first-order valence-corrected chi connectivity index (χ1v) is 11.3. The first-order chi connectivity index (χ1) is 14.4. The van der Waals surface area contributed by atoms with Crippen LogP contribution in [0.15, 0.2) is 30.3 Å². The molecule has 2 aliphatic rings. The minimum absolute atomic E-state index is 0.603. The fraction of sp³-hybridized carbons (Fsp3) is 0.455. The van der Waals surface area contributed by atoms with E-state index in [0.717, 1.165) is 68.0 Å². The maximum Gasteiger partial charge on any atom is 0.187 e. The van der Waals surface area contributed by atoms with Crippen molar-refractivity contribution in [3.63, 3.8) is 0 Å². The van der Waals surface area contributed by atoms with Crippen molar-refractivity contribution in [1.82, 2.24) is 9.97 Å². The van der Waals surface area contributed by atoms with Crippen LogP contribution in [-0.2, 0) is 24.1 Å². The van der Waals surface area contributed by atoms with Gasteiger partial charge in [0.15, 0.2) is 5.82 Å². The molecule has 0 radical (unpaired) electrons. The Morgan fingerprint density at radius 3 is 2.83 bits per heavy atom. The van der Waals surface area contributed by atoms with Gasteiger partial charge in [0.2, 0.25) is 0 Å². The Balaban J connectivity index is 1.34. The van der Waals surface area contributed by atoms with Gasteiger partial charge >= 0.3 is 0 Å². The lowest BCUT2D eigenvalue weighted by atomic mass is 10.2. The van der Waals surface area contributed by atoms with Crippen molar-refractivity contribution in [2.45, 2.75) is 25.8 Å². The molecule has 29 heavy (non-hydrogen) atoms. The molecule has 0 atom stereocenters. The van der Waals surface area contributed by atoms with Crippen molar-refractivity contribution in [3.8, 4) is 5.75 Å². The lowest BCUT2D eigenvalue weighted by Gasteiger charge is -2.23. The highest BCUT2D eigenvalue weighted by Crippen LogP contribution is 2.39. The van der Waals surface area contributed by atoms with E-state index in [4.69, 9.17) is 19.4 Å². The Morgan fingerprint density at radius 2 is 1.97 bits per heavy atom. The molecule has 1 aliphatic heterocycles. The van der Waals surface area contributed by atoms with Crippen LogP contribution in [0.4, 0.5) is 5.82 Å². The van der Waals surface area contributed by atoms with Gasteiger partial charge in [-0.15, -0.1) is 11.3 Å². The van der Waals surface area contributed by atoms with Crippen LogP contribution in [0.1, 0.15) is 22.7 Å². The van der Waals surface area contributed by atoms with Gasteiger partial charge in [0, 0.05) is 4.88 Å². The molecule has 0 spiro atoms. The second kappa shape index (κ2) is 8.65. The Bertz CT molecular complexity index is 970. The van der Waals surface area contributed by atoms with Gasteiger partial charge < -0.3 is 19.7 Å². The second-order valence-electron chi connectivity index (χ2n) is 7.65. The molecule has 7 heteroatoms. The lowest BCUT2D eigenvalue weighted by molar-refractivity contribution is -0.922. The van der Waals surface area contributed by atoms with Crippen molar-refractivity contribution >= 4 is 27.4 Å². The molecule has 0 amide bonds. The van der Waals surface area contributed by atoms with E-state index in [2.05, 4.69) is 5.32 Å². The van der Waals surface area contributed by atoms with Crippen LogP contribution in [0, 0.1) is 0 Å². The van der Waals surface area contributed by atoms with Crippen LogP contribution in [0.2, 0.25) is 0 Å². The van der Waals surface area contributed by atoms with Crippen molar-refractivity contribution in [1.29, 1.82) is 0 Å². The molecule has 3 heterocycles. The van der Waals surface area contributed by atoms with Crippen molar-refractivity contribution < 1.29 is 14.4 Å². The van der Waals surface area contributed by atoms with E-state index < -0.39 is 0 Å². The summed E-state index contributed by atoms with van der Waals surface area (Å²) >= 11 is 1.86. The van der Waals surface area contributed by atoms with Crippen molar-refractivity contribution in [3.05, 3.63) is 46.6 Å². The maximum atomic E-state index is 5.84. The van der Waals surface area contributed by atoms with E-state index in [-0.39, 0.29) is 0 Å². The third-order valence-electron chi connectivity index (χ3n) is 5.63. The molecular weight excluding hydrogens is 384 g/mol. The molecule has 1 aromatic carbocycles. The van der Waals surface area contributed by atoms with Crippen molar-refractivity contribution in [2.75, 3.05) is 44.8 Å². The summed E-state index contributed by atoms with van der Waals surface area (Å²) in [7, 11) is 0. The van der Waals surface area contributed by atoms with Gasteiger partial charge in [0.25, 0.3) is 0 Å². The van der Waals surface area contributed by atoms with Gasteiger partial charge in [0.1, 0.15) is 42.6 Å². The smallest absolute Gasteiger partial charge is 0.187 e. The molecule has 1 aliphatic carbocycles. The minimum atomic E-state index is 0.603. The second-order valence-corrected chi connectivity index (χ2v) is 8.74. The number of nitrogens with zero attached hydrogens (tertiary/aromatic N) is 2. The van der Waals surface area contributed by atoms with Crippen LogP contribution in [0.3, 0.4) is 0 Å². The largest absolute Gasteiger partial charge is 0.492 e. The highest BCUT2D eigenvalue weighted by Gasteiger charge is 2.24. The fourth-order valence-corrected chi connectivity index (χ4v) is 5.44. The predicted molar refractivity (Wildman–Crippen MR) is 115 cm³/mol. The molecular formula is C22H27N4O2S+. The Hall–Kier alpha value is -2.22. The third-order valence-corrected chi connectivity index (χ3v) is 6.81. The van der Waals surface area contributed by atoms with E-state index in [1.807, 2.05) is 41.7 Å². The predicted octanol–water partition coefficient (Wildman–Crippen LogP) is 2.09. The number of aromatic nitrogens is 2. The Labute approximate surface area is 174 Å². The zero-order valence-corrected chi connectivity index (χ0v) is 17.4. The van der Waals surface area contributed by atoms with Crippen LogP contribution in [0.25, 0.3) is 10.2 Å². The standard InChI is InChI=1S/C22H26N4O2S/c1-2-5-16(6-3-1)28-12-9-23-21-20-17-7-4-8-18(17)29-22(20)25-19(24-21)15-26-10-13-27-14-11-26/h1-3,5-6H,4,7-15H2,(H,23,24,25)/p+1. The quantitative estimate of drug-likeness (QED) is 0.583. The van der Waals surface area contributed by atoms with Gasteiger partial charge in [-0.2, -0.15) is 0 Å². The number of para-hydroxylation sites is 1. The number of fused-ring (bicyclic) bond motifs is 3. The first kappa shape index (κ1) is 18.8. The Morgan fingerprint density at radius 1 is 1.10 bits per heavy atom. The van der Waals surface area contributed by atoms with Gasteiger partial charge in [-0.05, 0) is 37.0 Å². The molecule has 152 valence electrons. The molecule has 6 nitrogen and oxygen atoms in total. The van der Waals surface area contributed by atoms with Gasteiger partial charge in [0.05, 0.1) is 25.1 Å². The number of morpholine rings is 1. The number of hydrogen-bond donors (Lipinski definition) is 2. The van der Waals surface area contributed by atoms with Crippen LogP contribution in [0.5, 0.6) is 5.75 Å². The number of aryl methyl sites for hydroxylation is 2. The molecule has 1 saturated heterocycles. The summed E-state index contributed by atoms with van der Waals surface area (Å²) in [4.78, 5) is 14.0. The number of ether oxygens (including phenoxy) is 2. The molecule has 0 saturated carbocycles. The highest BCUT2D eigenvalue weighted by molar-refractivity contribution is 7.19. The summed E-state index contributed by atoms with van der Waals surface area (Å²) in [5.41, 5.74) is 1.46. The summed E-state index contributed by atoms with van der Waals surface area (Å²) in [5, 5.41) is 4.79. The minimum Gasteiger partial charge on any atom is -0.492 e. The lowest BCUT2D eigenvalue weighted by Crippen LogP contribution is -3.12. The summed E-state index contributed by atoms with van der Waals surface area (Å²) in [6, 6.07) is 9.95. The SMILES string of the molecule is c1ccc(OCCNc2nc(C[NH+]3CCOCC3)nc3sc4c(c23)CCC4)cc1. The molecule has 5 rings (SSSR count). The molecule has 2 N–H and O–H groups in total. The summed E-state index contributed by atoms with van der Waals surface area (Å²) in [5.74, 6) is 2.81. The number of nitrogens with one attached hydrogen (secondary N) is 2. The number of benzene rings is 1. The summed E-state index contributed by atoms with van der Waals surface area (Å²) in [6.07, 6.45) is 3.56. The Kier molecular flexibility index (Phi) is 5.60. The average molecular weight is 412 g/mol. The van der Waals surface area contributed by atoms with E-state index >= 15 is 0 Å². The molecule has 3 aromatic rings. The molecule has 1 fully saturated rings. The number of anilines is 1.